The van der Waals surface area contributed by atoms with Crippen molar-refractivity contribution in [3.8, 4) is 0 Å². The van der Waals surface area contributed by atoms with Crippen molar-refractivity contribution < 1.29 is 9.59 Å². The Kier molecular flexibility index (Phi) is 9.75. The first-order valence-corrected chi connectivity index (χ1v) is 11.0. The molecule has 2 atom stereocenters. The van der Waals surface area contributed by atoms with E-state index in [9.17, 15) is 9.59 Å². The second-order valence-electron chi connectivity index (χ2n) is 12.5. The maximum Gasteiger partial charge on any atom is 0.156 e. The Bertz CT molecular complexity index is 542. The second-order valence-corrected chi connectivity index (χ2v) is 12.5. The average molecular weight is 412 g/mol. The molecule has 0 spiro atoms. The molecule has 0 rings (SSSR count). The van der Waals surface area contributed by atoms with Gasteiger partial charge in [-0.05, 0) is 61.6 Å². The van der Waals surface area contributed by atoms with E-state index >= 15 is 0 Å². The fraction of sp³-hybridized carbons (Fsp3) is 0.917. The first-order valence-electron chi connectivity index (χ1n) is 11.0. The van der Waals surface area contributed by atoms with E-state index in [0.29, 0.717) is 19.5 Å². The lowest BCUT2D eigenvalue weighted by atomic mass is 9.84. The molecule has 0 aromatic heterocycles. The Labute approximate surface area is 180 Å². The van der Waals surface area contributed by atoms with Crippen LogP contribution < -0.4 is 10.6 Å². The number of nitrogens with one attached hydrogen (secondary N) is 2. The zero-order chi connectivity index (χ0) is 23.4. The maximum absolute atomic E-state index is 13.1. The summed E-state index contributed by atoms with van der Waals surface area (Å²) >= 11 is 0. The minimum Gasteiger partial charge on any atom is -0.315 e. The van der Waals surface area contributed by atoms with Crippen LogP contribution in [0.1, 0.15) is 89.5 Å². The van der Waals surface area contributed by atoms with Crippen LogP contribution >= 0.6 is 0 Å². The number of carbonyl (C=O) groups is 2. The Morgan fingerprint density at radius 3 is 1.59 bits per heavy atom. The summed E-state index contributed by atoms with van der Waals surface area (Å²) in [5.74, 6) is 0.459. The summed E-state index contributed by atoms with van der Waals surface area (Å²) in [5.41, 5.74) is -1.03. The van der Waals surface area contributed by atoms with Crippen molar-refractivity contribution >= 4 is 11.6 Å². The van der Waals surface area contributed by atoms with Gasteiger partial charge < -0.3 is 10.6 Å². The molecule has 2 unspecified atom stereocenters. The lowest BCUT2D eigenvalue weighted by Crippen LogP contribution is -2.56. The third-order valence-corrected chi connectivity index (χ3v) is 5.18. The highest BCUT2D eigenvalue weighted by molar-refractivity contribution is 5.89. The highest BCUT2D eigenvalue weighted by Crippen LogP contribution is 2.23. The Balaban J connectivity index is 5.18. The summed E-state index contributed by atoms with van der Waals surface area (Å²) in [7, 11) is 2.02. The average Bonchev–Trinajstić information content (AvgIpc) is 2.48. The standard InChI is InChI=1S/C24H49N3O2/c1-21(2,3)19(28)17(26-23(7,8)9)14-15-25-16-18(20(29)22(4,5)6)27(13)24(10,11)12/h17-18,25-26H,14-16H2,1-13H3. The van der Waals surface area contributed by atoms with Crippen LogP contribution in [0.2, 0.25) is 0 Å². The molecule has 29 heavy (non-hydrogen) atoms. The molecule has 0 aliphatic rings. The van der Waals surface area contributed by atoms with Gasteiger partial charge in [-0.25, -0.2) is 0 Å². The summed E-state index contributed by atoms with van der Waals surface area (Å²) in [5, 5.41) is 6.94. The Morgan fingerprint density at radius 1 is 0.793 bits per heavy atom. The lowest BCUT2D eigenvalue weighted by molar-refractivity contribution is -0.133. The molecule has 0 heterocycles. The molecule has 0 aliphatic carbocycles. The topological polar surface area (TPSA) is 61.4 Å². The summed E-state index contributed by atoms with van der Waals surface area (Å²) in [6.07, 6.45) is 0.697. The van der Waals surface area contributed by atoms with Crippen LogP contribution in [0, 0.1) is 10.8 Å². The minimum atomic E-state index is -0.398. The molecule has 5 heteroatoms. The number of hydrogen-bond acceptors (Lipinski definition) is 5. The van der Waals surface area contributed by atoms with Crippen molar-refractivity contribution in [2.24, 2.45) is 10.8 Å². The minimum absolute atomic E-state index is 0.105. The molecule has 0 aromatic rings. The number of hydrogen-bond donors (Lipinski definition) is 2. The zero-order valence-electron chi connectivity index (χ0n) is 21.5. The molecule has 0 amide bonds. The zero-order valence-corrected chi connectivity index (χ0v) is 21.5. The van der Waals surface area contributed by atoms with Gasteiger partial charge in [-0.3, -0.25) is 14.5 Å². The fourth-order valence-electron chi connectivity index (χ4n) is 3.17. The molecule has 2 N–H and O–H groups in total. The Hall–Kier alpha value is -0.780. The first-order chi connectivity index (χ1) is 12.7. The molecule has 0 bridgehead atoms. The van der Waals surface area contributed by atoms with Gasteiger partial charge in [-0.1, -0.05) is 41.5 Å². The van der Waals surface area contributed by atoms with Crippen molar-refractivity contribution in [1.82, 2.24) is 15.5 Å². The van der Waals surface area contributed by atoms with E-state index in [-0.39, 0.29) is 40.1 Å². The van der Waals surface area contributed by atoms with Gasteiger partial charge in [-0.15, -0.1) is 0 Å². The van der Waals surface area contributed by atoms with Gasteiger partial charge in [0.15, 0.2) is 11.6 Å². The number of carbonyl (C=O) groups excluding carboxylic acids is 2. The molecular formula is C24H49N3O2. The van der Waals surface area contributed by atoms with Gasteiger partial charge >= 0.3 is 0 Å². The summed E-state index contributed by atoms with van der Waals surface area (Å²) in [6, 6.07) is -0.415. The molecular weight excluding hydrogens is 362 g/mol. The highest BCUT2D eigenvalue weighted by atomic mass is 16.1. The molecule has 0 fully saturated rings. The van der Waals surface area contributed by atoms with Crippen LogP contribution in [-0.2, 0) is 9.59 Å². The van der Waals surface area contributed by atoms with Gasteiger partial charge in [0.25, 0.3) is 0 Å². The third kappa shape index (κ3) is 10.2. The molecule has 0 saturated heterocycles. The van der Waals surface area contributed by atoms with E-state index in [1.807, 2.05) is 48.6 Å². The second kappa shape index (κ2) is 10.0. The van der Waals surface area contributed by atoms with E-state index in [1.165, 1.54) is 0 Å². The van der Waals surface area contributed by atoms with E-state index in [0.717, 1.165) is 0 Å². The van der Waals surface area contributed by atoms with E-state index < -0.39 is 5.41 Å². The molecule has 5 nitrogen and oxygen atoms in total. The summed E-state index contributed by atoms with van der Waals surface area (Å²) in [4.78, 5) is 28.1. The lowest BCUT2D eigenvalue weighted by Gasteiger charge is -2.40. The largest absolute Gasteiger partial charge is 0.315 e. The van der Waals surface area contributed by atoms with E-state index in [2.05, 4.69) is 57.1 Å². The van der Waals surface area contributed by atoms with Gasteiger partial charge in [0, 0.05) is 28.5 Å². The predicted octanol–water partition coefficient (Wildman–Crippen LogP) is 4.05. The first kappa shape index (κ1) is 28.2. The summed E-state index contributed by atoms with van der Waals surface area (Å²) in [6.45, 7) is 25.7. The molecule has 0 radical (unpaired) electrons. The number of rotatable bonds is 9. The number of likely N-dealkylation sites (N-methyl/N-ethyl adjacent to an activating group) is 1. The summed E-state index contributed by atoms with van der Waals surface area (Å²) < 4.78 is 0. The van der Waals surface area contributed by atoms with Crippen molar-refractivity contribution in [1.29, 1.82) is 0 Å². The molecule has 0 saturated carbocycles. The Morgan fingerprint density at radius 2 is 1.24 bits per heavy atom. The van der Waals surface area contributed by atoms with Crippen LogP contribution in [0.3, 0.4) is 0 Å². The van der Waals surface area contributed by atoms with Gasteiger partial charge in [-0.2, -0.15) is 0 Å². The number of Topliss-reactive ketones (excluding diaryl/α,β-unsaturated/α-hetero) is 2. The van der Waals surface area contributed by atoms with Gasteiger partial charge in [0.2, 0.25) is 0 Å². The van der Waals surface area contributed by atoms with E-state index in [4.69, 9.17) is 0 Å². The normalized spacial score (nSPS) is 16.1. The van der Waals surface area contributed by atoms with Crippen LogP contribution in [0.4, 0.5) is 0 Å². The smallest absolute Gasteiger partial charge is 0.156 e. The fourth-order valence-corrected chi connectivity index (χ4v) is 3.17. The van der Waals surface area contributed by atoms with Gasteiger partial charge in [0.05, 0.1) is 12.1 Å². The third-order valence-electron chi connectivity index (χ3n) is 5.18. The molecule has 0 aromatic carbocycles. The van der Waals surface area contributed by atoms with Crippen molar-refractivity contribution in [3.63, 3.8) is 0 Å². The number of ketones is 2. The van der Waals surface area contributed by atoms with Crippen molar-refractivity contribution in [2.75, 3.05) is 20.1 Å². The number of nitrogens with zero attached hydrogens (tertiary/aromatic N) is 1. The van der Waals surface area contributed by atoms with Crippen LogP contribution in [0.15, 0.2) is 0 Å². The van der Waals surface area contributed by atoms with Crippen LogP contribution in [0.5, 0.6) is 0 Å². The SMILES string of the molecule is CN(C(CNCCC(NC(C)(C)C)C(=O)C(C)(C)C)C(=O)C(C)(C)C)C(C)(C)C. The quantitative estimate of drug-likeness (QED) is 0.561. The van der Waals surface area contributed by atoms with Gasteiger partial charge in [0.1, 0.15) is 0 Å². The van der Waals surface area contributed by atoms with Crippen LogP contribution in [0.25, 0.3) is 0 Å². The van der Waals surface area contributed by atoms with Crippen LogP contribution in [-0.4, -0.2) is 59.8 Å². The monoisotopic (exact) mass is 411 g/mol. The van der Waals surface area contributed by atoms with E-state index in [1.54, 1.807) is 0 Å². The molecule has 172 valence electrons. The van der Waals surface area contributed by atoms with Crippen molar-refractivity contribution in [2.45, 2.75) is 113 Å². The maximum atomic E-state index is 13.1. The highest BCUT2D eigenvalue weighted by Gasteiger charge is 2.36. The molecule has 0 aliphatic heterocycles. The van der Waals surface area contributed by atoms with Crippen molar-refractivity contribution in [3.05, 3.63) is 0 Å². The predicted molar refractivity (Wildman–Crippen MR) is 124 cm³/mol.